The van der Waals surface area contributed by atoms with E-state index in [2.05, 4.69) is 34.1 Å². The van der Waals surface area contributed by atoms with Gasteiger partial charge in [-0.3, -0.25) is 9.80 Å². The second-order valence-corrected chi connectivity index (χ2v) is 8.15. The number of nitrogens with zero attached hydrogens (tertiary/aromatic N) is 2. The molecule has 0 saturated carbocycles. The minimum atomic E-state index is 0. The second-order valence-electron chi connectivity index (χ2n) is 7.42. The van der Waals surface area contributed by atoms with Gasteiger partial charge in [-0.2, -0.15) is 12.6 Å². The summed E-state index contributed by atoms with van der Waals surface area (Å²) in [5.41, 5.74) is 2.49. The highest BCUT2D eigenvalue weighted by Gasteiger charge is 2.20. The maximum Gasteiger partial charge on any atom is 0.231 e. The van der Waals surface area contributed by atoms with E-state index < -0.39 is 0 Å². The van der Waals surface area contributed by atoms with E-state index in [0.717, 1.165) is 50.8 Å². The van der Waals surface area contributed by atoms with Crippen LogP contribution in [0.5, 0.6) is 11.5 Å². The van der Waals surface area contributed by atoms with E-state index in [9.17, 15) is 0 Å². The average molecular weight is 473 g/mol. The topological polar surface area (TPSA) is 34.2 Å². The Kier molecular flexibility index (Phi) is 10.6. The molecule has 166 valence electrons. The molecule has 1 fully saturated rings. The SMILES string of the molecule is Cl.Cl.SC(COCc1ccccc1)CN1CCN(Cc2ccc3c(c2)OCO3)CC1. The summed E-state index contributed by atoms with van der Waals surface area (Å²) in [4.78, 5) is 4.98. The standard InChI is InChI=1S/C22H28N2O3S.2ClH/c28-20(16-25-15-18-4-2-1-3-5-18)14-24-10-8-23(9-11-24)13-19-6-7-21-22(12-19)27-17-26-21;;/h1-7,12,20,28H,8-11,13-17H2;2*1H. The zero-order valence-corrected chi connectivity index (χ0v) is 19.5. The van der Waals surface area contributed by atoms with Gasteiger partial charge in [0.05, 0.1) is 13.2 Å². The fourth-order valence-electron chi connectivity index (χ4n) is 3.67. The van der Waals surface area contributed by atoms with Gasteiger partial charge in [-0.15, -0.1) is 24.8 Å². The monoisotopic (exact) mass is 472 g/mol. The van der Waals surface area contributed by atoms with Crippen LogP contribution in [-0.2, 0) is 17.9 Å². The zero-order valence-electron chi connectivity index (χ0n) is 16.9. The molecule has 0 spiro atoms. The first-order chi connectivity index (χ1) is 13.8. The van der Waals surface area contributed by atoms with Crippen LogP contribution in [0.1, 0.15) is 11.1 Å². The van der Waals surface area contributed by atoms with E-state index >= 15 is 0 Å². The van der Waals surface area contributed by atoms with Crippen molar-refractivity contribution in [3.8, 4) is 11.5 Å². The molecule has 0 aromatic heterocycles. The lowest BCUT2D eigenvalue weighted by Gasteiger charge is -2.35. The number of benzene rings is 2. The van der Waals surface area contributed by atoms with Crippen LogP contribution < -0.4 is 9.47 Å². The Bertz CT molecular complexity index is 761. The maximum absolute atomic E-state index is 5.82. The Morgan fingerprint density at radius 3 is 2.33 bits per heavy atom. The number of ether oxygens (including phenoxy) is 3. The molecule has 2 aromatic rings. The van der Waals surface area contributed by atoms with Gasteiger partial charge in [-0.1, -0.05) is 36.4 Å². The van der Waals surface area contributed by atoms with Crippen molar-refractivity contribution in [1.29, 1.82) is 0 Å². The first kappa shape index (κ1) is 25.1. The Balaban J connectivity index is 0.00000160. The van der Waals surface area contributed by atoms with E-state index in [4.69, 9.17) is 26.8 Å². The number of rotatable bonds is 8. The number of piperazine rings is 1. The summed E-state index contributed by atoms with van der Waals surface area (Å²) in [6.45, 7) is 7.86. The van der Waals surface area contributed by atoms with E-state index in [1.54, 1.807) is 0 Å². The molecule has 0 radical (unpaired) electrons. The van der Waals surface area contributed by atoms with E-state index in [1.165, 1.54) is 11.1 Å². The fourth-order valence-corrected chi connectivity index (χ4v) is 4.00. The van der Waals surface area contributed by atoms with Crippen molar-refractivity contribution >= 4 is 37.4 Å². The van der Waals surface area contributed by atoms with Crippen molar-refractivity contribution in [3.63, 3.8) is 0 Å². The third-order valence-corrected chi connectivity index (χ3v) is 5.51. The molecule has 0 N–H and O–H groups in total. The van der Waals surface area contributed by atoms with Gasteiger partial charge >= 0.3 is 0 Å². The molecule has 1 saturated heterocycles. The van der Waals surface area contributed by atoms with Crippen LogP contribution in [0, 0.1) is 0 Å². The number of hydrogen-bond acceptors (Lipinski definition) is 6. The third kappa shape index (κ3) is 7.22. The summed E-state index contributed by atoms with van der Waals surface area (Å²) in [7, 11) is 0. The highest BCUT2D eigenvalue weighted by atomic mass is 35.5. The zero-order chi connectivity index (χ0) is 19.2. The lowest BCUT2D eigenvalue weighted by atomic mass is 10.1. The molecular weight excluding hydrogens is 443 g/mol. The van der Waals surface area contributed by atoms with Crippen LogP contribution in [0.2, 0.25) is 0 Å². The lowest BCUT2D eigenvalue weighted by Crippen LogP contribution is -2.48. The first-order valence-corrected chi connectivity index (χ1v) is 10.4. The van der Waals surface area contributed by atoms with Crippen molar-refractivity contribution < 1.29 is 14.2 Å². The third-order valence-electron chi connectivity index (χ3n) is 5.20. The predicted molar refractivity (Wildman–Crippen MR) is 128 cm³/mol. The predicted octanol–water partition coefficient (Wildman–Crippen LogP) is 3.89. The van der Waals surface area contributed by atoms with Gasteiger partial charge in [-0.05, 0) is 23.3 Å². The second kappa shape index (κ2) is 12.6. The summed E-state index contributed by atoms with van der Waals surface area (Å²) < 4.78 is 16.7. The van der Waals surface area contributed by atoms with Crippen molar-refractivity contribution in [2.24, 2.45) is 0 Å². The Morgan fingerprint density at radius 2 is 1.57 bits per heavy atom. The minimum Gasteiger partial charge on any atom is -0.454 e. The quantitative estimate of drug-likeness (QED) is 0.589. The number of hydrogen-bond donors (Lipinski definition) is 1. The van der Waals surface area contributed by atoms with Crippen LogP contribution in [-0.4, -0.2) is 61.2 Å². The molecule has 1 unspecified atom stereocenters. The largest absolute Gasteiger partial charge is 0.454 e. The van der Waals surface area contributed by atoms with Crippen LogP contribution >= 0.6 is 37.4 Å². The highest BCUT2D eigenvalue weighted by molar-refractivity contribution is 7.81. The van der Waals surface area contributed by atoms with Gasteiger partial charge in [0, 0.05) is 44.5 Å². The van der Waals surface area contributed by atoms with Crippen molar-refractivity contribution in [2.45, 2.75) is 18.4 Å². The number of fused-ring (bicyclic) bond motifs is 1. The summed E-state index contributed by atoms with van der Waals surface area (Å²) in [5.74, 6) is 1.72. The van der Waals surface area contributed by atoms with Crippen LogP contribution in [0.4, 0.5) is 0 Å². The maximum atomic E-state index is 5.82. The van der Waals surface area contributed by atoms with Crippen molar-refractivity contribution in [2.75, 3.05) is 46.1 Å². The van der Waals surface area contributed by atoms with Gasteiger partial charge in [0.25, 0.3) is 0 Å². The van der Waals surface area contributed by atoms with Gasteiger partial charge < -0.3 is 14.2 Å². The number of halogens is 2. The Hall–Kier alpha value is -1.15. The molecule has 2 aromatic carbocycles. The minimum absolute atomic E-state index is 0. The highest BCUT2D eigenvalue weighted by Crippen LogP contribution is 2.32. The molecule has 4 rings (SSSR count). The molecular formula is C22H30Cl2N2O3S. The van der Waals surface area contributed by atoms with Gasteiger partial charge in [0.2, 0.25) is 6.79 Å². The van der Waals surface area contributed by atoms with E-state index in [0.29, 0.717) is 20.0 Å². The fraction of sp³-hybridized carbons (Fsp3) is 0.455. The summed E-state index contributed by atoms with van der Waals surface area (Å²) >= 11 is 4.72. The normalized spacial score (nSPS) is 17.1. The molecule has 5 nitrogen and oxygen atoms in total. The molecule has 8 heteroatoms. The Labute approximate surface area is 196 Å². The van der Waals surface area contributed by atoms with Crippen molar-refractivity contribution in [1.82, 2.24) is 9.80 Å². The first-order valence-electron chi connectivity index (χ1n) is 9.89. The molecule has 30 heavy (non-hydrogen) atoms. The molecule has 0 bridgehead atoms. The van der Waals surface area contributed by atoms with Crippen LogP contribution in [0.3, 0.4) is 0 Å². The van der Waals surface area contributed by atoms with Crippen LogP contribution in [0.15, 0.2) is 48.5 Å². The lowest BCUT2D eigenvalue weighted by molar-refractivity contribution is 0.0941. The molecule has 0 aliphatic carbocycles. The molecule has 2 aliphatic heterocycles. The van der Waals surface area contributed by atoms with Crippen molar-refractivity contribution in [3.05, 3.63) is 59.7 Å². The summed E-state index contributed by atoms with van der Waals surface area (Å²) in [5, 5.41) is 0.240. The molecule has 1 atom stereocenters. The number of thiol groups is 1. The van der Waals surface area contributed by atoms with Gasteiger partial charge in [0.1, 0.15) is 0 Å². The smallest absolute Gasteiger partial charge is 0.231 e. The average Bonchev–Trinajstić information content (AvgIpc) is 3.18. The molecule has 2 heterocycles. The van der Waals surface area contributed by atoms with E-state index in [-0.39, 0.29) is 30.1 Å². The summed E-state index contributed by atoms with van der Waals surface area (Å²) in [6, 6.07) is 16.5. The van der Waals surface area contributed by atoms with Crippen LogP contribution in [0.25, 0.3) is 0 Å². The Morgan fingerprint density at radius 1 is 0.867 bits per heavy atom. The van der Waals surface area contributed by atoms with Gasteiger partial charge in [0.15, 0.2) is 11.5 Å². The van der Waals surface area contributed by atoms with E-state index in [1.807, 2.05) is 24.3 Å². The van der Waals surface area contributed by atoms with Gasteiger partial charge in [-0.25, -0.2) is 0 Å². The molecule has 2 aliphatic rings. The summed E-state index contributed by atoms with van der Waals surface area (Å²) in [6.07, 6.45) is 0. The molecule has 0 amide bonds.